The lowest BCUT2D eigenvalue weighted by atomic mass is 9.94. The number of fused-ring (bicyclic) bond motifs is 1. The highest BCUT2D eigenvalue weighted by Gasteiger charge is 2.25. The minimum atomic E-state index is -0.370. The fourth-order valence-electron chi connectivity index (χ4n) is 3.44. The number of aryl methyl sites for hydroxylation is 2. The summed E-state index contributed by atoms with van der Waals surface area (Å²) >= 11 is 0. The molecule has 2 N–H and O–H groups in total. The molecule has 0 bridgehead atoms. The second-order valence-electron chi connectivity index (χ2n) is 7.35. The maximum Gasteiger partial charge on any atom is 0.272 e. The Morgan fingerprint density at radius 2 is 2.22 bits per heavy atom. The van der Waals surface area contributed by atoms with Crippen molar-refractivity contribution in [2.45, 2.75) is 46.2 Å². The molecule has 8 nitrogen and oxygen atoms in total. The summed E-state index contributed by atoms with van der Waals surface area (Å²) in [7, 11) is 0. The molecule has 1 aliphatic heterocycles. The zero-order chi connectivity index (χ0) is 19.6. The molecule has 1 aromatic heterocycles. The van der Waals surface area contributed by atoms with Crippen LogP contribution in [-0.4, -0.2) is 33.2 Å². The number of amides is 1. The third-order valence-electron chi connectivity index (χ3n) is 4.83. The molecule has 0 spiro atoms. The van der Waals surface area contributed by atoms with Gasteiger partial charge in [0, 0.05) is 36.4 Å². The van der Waals surface area contributed by atoms with E-state index >= 15 is 0 Å². The van der Waals surface area contributed by atoms with Gasteiger partial charge in [-0.1, -0.05) is 0 Å². The smallest absolute Gasteiger partial charge is 0.272 e. The largest absolute Gasteiger partial charge is 0.385 e. The van der Waals surface area contributed by atoms with Gasteiger partial charge in [0.2, 0.25) is 0 Å². The van der Waals surface area contributed by atoms with E-state index in [2.05, 4.69) is 15.7 Å². The van der Waals surface area contributed by atoms with Crippen LogP contribution in [0, 0.1) is 23.0 Å². The first kappa shape index (κ1) is 18.9. The van der Waals surface area contributed by atoms with Gasteiger partial charge in [0.15, 0.2) is 0 Å². The maximum atomic E-state index is 12.4. The Bertz CT molecular complexity index is 859. The van der Waals surface area contributed by atoms with Crippen LogP contribution in [0.4, 0.5) is 11.4 Å². The van der Waals surface area contributed by atoms with Crippen LogP contribution in [0.1, 0.15) is 41.9 Å². The Morgan fingerprint density at radius 1 is 1.44 bits per heavy atom. The Hall–Kier alpha value is -2.90. The lowest BCUT2D eigenvalue weighted by molar-refractivity contribution is -0.385. The molecular weight excluding hydrogens is 346 g/mol. The van der Waals surface area contributed by atoms with Crippen molar-refractivity contribution in [1.29, 1.82) is 0 Å². The number of carbonyl (C=O) groups excluding carboxylic acids is 1. The summed E-state index contributed by atoms with van der Waals surface area (Å²) in [5.41, 5.74) is 3.27. The monoisotopic (exact) mass is 371 g/mol. The van der Waals surface area contributed by atoms with E-state index in [1.807, 2.05) is 18.5 Å². The van der Waals surface area contributed by atoms with E-state index in [1.165, 1.54) is 6.07 Å². The number of nitrogens with zero attached hydrogens (tertiary/aromatic N) is 3. The number of nitro groups is 1. The number of nitrogens with one attached hydrogen (secondary N) is 2. The minimum Gasteiger partial charge on any atom is -0.385 e. The van der Waals surface area contributed by atoms with Crippen molar-refractivity contribution in [1.82, 2.24) is 15.1 Å². The number of carbonyl (C=O) groups is 1. The van der Waals surface area contributed by atoms with Gasteiger partial charge in [0.05, 0.1) is 22.4 Å². The molecule has 0 aliphatic carbocycles. The fourth-order valence-corrected chi connectivity index (χ4v) is 3.44. The third kappa shape index (κ3) is 4.27. The van der Waals surface area contributed by atoms with Crippen LogP contribution < -0.4 is 10.6 Å². The van der Waals surface area contributed by atoms with Crippen LogP contribution in [0.25, 0.3) is 0 Å². The van der Waals surface area contributed by atoms with Crippen molar-refractivity contribution in [3.05, 3.63) is 51.3 Å². The minimum absolute atomic E-state index is 0.0779. The third-order valence-corrected chi connectivity index (χ3v) is 4.83. The van der Waals surface area contributed by atoms with Gasteiger partial charge in [-0.25, -0.2) is 0 Å². The molecule has 1 amide bonds. The molecule has 144 valence electrons. The van der Waals surface area contributed by atoms with Crippen LogP contribution in [0.2, 0.25) is 0 Å². The highest BCUT2D eigenvalue weighted by atomic mass is 16.6. The summed E-state index contributed by atoms with van der Waals surface area (Å²) in [6.45, 7) is 7.14. The van der Waals surface area contributed by atoms with E-state index < -0.39 is 0 Å². The topological polar surface area (TPSA) is 102 Å². The molecule has 8 heteroatoms. The number of nitro benzene ring substituents is 1. The summed E-state index contributed by atoms with van der Waals surface area (Å²) in [4.78, 5) is 22.9. The molecular formula is C19H25N5O3. The second kappa shape index (κ2) is 7.77. The SMILES string of the molecule is Cc1cc(NC[C@H]2CCn3ncc(C(=O)NC(C)C)c3C2)ccc1[N+](=O)[O-]. The summed E-state index contributed by atoms with van der Waals surface area (Å²) < 4.78 is 1.92. The van der Waals surface area contributed by atoms with Gasteiger partial charge in [-0.15, -0.1) is 0 Å². The van der Waals surface area contributed by atoms with Crippen LogP contribution in [0.3, 0.4) is 0 Å². The second-order valence-corrected chi connectivity index (χ2v) is 7.35. The molecule has 0 saturated heterocycles. The normalized spacial score (nSPS) is 16.1. The van der Waals surface area contributed by atoms with Gasteiger partial charge in [0.1, 0.15) is 0 Å². The van der Waals surface area contributed by atoms with Crippen molar-refractivity contribution in [3.63, 3.8) is 0 Å². The molecule has 27 heavy (non-hydrogen) atoms. The number of hydrogen-bond acceptors (Lipinski definition) is 5. The van der Waals surface area contributed by atoms with Crippen molar-refractivity contribution < 1.29 is 9.72 Å². The van der Waals surface area contributed by atoms with Gasteiger partial charge in [-0.2, -0.15) is 5.10 Å². The molecule has 1 aromatic carbocycles. The van der Waals surface area contributed by atoms with Gasteiger partial charge >= 0.3 is 0 Å². The van der Waals surface area contributed by atoms with Gasteiger partial charge < -0.3 is 10.6 Å². The number of hydrogen-bond donors (Lipinski definition) is 2. The average Bonchev–Trinajstić information content (AvgIpc) is 3.02. The Balaban J connectivity index is 1.65. The highest BCUT2D eigenvalue weighted by molar-refractivity contribution is 5.95. The zero-order valence-corrected chi connectivity index (χ0v) is 15.9. The van der Waals surface area contributed by atoms with Crippen LogP contribution in [0.5, 0.6) is 0 Å². The predicted octanol–water partition coefficient (Wildman–Crippen LogP) is 2.91. The van der Waals surface area contributed by atoms with Gasteiger partial charge in [-0.3, -0.25) is 19.6 Å². The van der Waals surface area contributed by atoms with Crippen LogP contribution in [0.15, 0.2) is 24.4 Å². The number of benzene rings is 1. The van der Waals surface area contributed by atoms with Gasteiger partial charge in [-0.05, 0) is 51.7 Å². The molecule has 1 aliphatic rings. The Morgan fingerprint density at radius 3 is 2.89 bits per heavy atom. The van der Waals surface area contributed by atoms with Crippen molar-refractivity contribution >= 4 is 17.3 Å². The van der Waals surface area contributed by atoms with Crippen molar-refractivity contribution in [2.24, 2.45) is 5.92 Å². The lowest BCUT2D eigenvalue weighted by Crippen LogP contribution is -2.32. The number of rotatable bonds is 6. The number of anilines is 1. The first-order valence-electron chi connectivity index (χ1n) is 9.19. The zero-order valence-electron chi connectivity index (χ0n) is 15.9. The first-order chi connectivity index (χ1) is 12.8. The van der Waals surface area contributed by atoms with E-state index in [-0.39, 0.29) is 22.6 Å². The van der Waals surface area contributed by atoms with E-state index in [0.29, 0.717) is 17.0 Å². The van der Waals surface area contributed by atoms with Crippen molar-refractivity contribution in [2.75, 3.05) is 11.9 Å². The molecule has 2 aromatic rings. The Kier molecular flexibility index (Phi) is 5.43. The van der Waals surface area contributed by atoms with E-state index in [1.54, 1.807) is 25.3 Å². The van der Waals surface area contributed by atoms with E-state index in [9.17, 15) is 14.9 Å². The summed E-state index contributed by atoms with van der Waals surface area (Å²) in [6.07, 6.45) is 3.40. The summed E-state index contributed by atoms with van der Waals surface area (Å²) in [5, 5.41) is 21.6. The van der Waals surface area contributed by atoms with E-state index in [0.717, 1.165) is 37.3 Å². The average molecular weight is 371 g/mol. The predicted molar refractivity (Wildman–Crippen MR) is 103 cm³/mol. The summed E-state index contributed by atoms with van der Waals surface area (Å²) in [6, 6.07) is 5.15. The molecule has 0 saturated carbocycles. The molecule has 3 rings (SSSR count). The fraction of sp³-hybridized carbons (Fsp3) is 0.474. The van der Waals surface area contributed by atoms with Crippen molar-refractivity contribution in [3.8, 4) is 0 Å². The molecule has 0 radical (unpaired) electrons. The molecule has 1 atom stereocenters. The van der Waals surface area contributed by atoms with Crippen LogP contribution >= 0.6 is 0 Å². The molecule has 2 heterocycles. The van der Waals surface area contributed by atoms with Gasteiger partial charge in [0.25, 0.3) is 11.6 Å². The molecule has 0 unspecified atom stereocenters. The quantitative estimate of drug-likeness (QED) is 0.600. The molecule has 0 fully saturated rings. The maximum absolute atomic E-state index is 12.4. The summed E-state index contributed by atoms with van der Waals surface area (Å²) in [5.74, 6) is 0.293. The lowest BCUT2D eigenvalue weighted by Gasteiger charge is -2.25. The highest BCUT2D eigenvalue weighted by Crippen LogP contribution is 2.25. The Labute approximate surface area is 158 Å². The van der Waals surface area contributed by atoms with Crippen LogP contribution in [-0.2, 0) is 13.0 Å². The van der Waals surface area contributed by atoms with E-state index in [4.69, 9.17) is 0 Å². The standard InChI is InChI=1S/C19H25N5O3/c1-12(2)22-19(25)16-11-21-23-7-6-14(9-18(16)23)10-20-15-4-5-17(24(26)27)13(3)8-15/h4-5,8,11-12,14,20H,6-7,9-10H2,1-3H3,(H,22,25)/t14-/m0/s1. The number of aromatic nitrogens is 2. The first-order valence-corrected chi connectivity index (χ1v) is 9.19.